The van der Waals surface area contributed by atoms with E-state index < -0.39 is 0 Å². The van der Waals surface area contributed by atoms with Gasteiger partial charge in [0, 0.05) is 13.0 Å². The number of hydrogen-bond donors (Lipinski definition) is 1. The molecule has 0 aromatic rings. The number of rotatable bonds is 6. The van der Waals surface area contributed by atoms with Crippen molar-refractivity contribution in [2.24, 2.45) is 5.92 Å². The van der Waals surface area contributed by atoms with Crippen molar-refractivity contribution in [3.05, 3.63) is 23.6 Å². The molecule has 0 radical (unpaired) electrons. The standard InChI is InChI=1S/C13H22FN/c1-11(2)4-3-9-15-10-12-5-7-13(14)8-6-12/h5,7,11,15H,3-4,6,8-10H2,1-2H3. The molecule has 0 bridgehead atoms. The second kappa shape index (κ2) is 6.78. The van der Waals surface area contributed by atoms with Crippen molar-refractivity contribution < 1.29 is 4.39 Å². The van der Waals surface area contributed by atoms with E-state index in [1.807, 2.05) is 6.08 Å². The van der Waals surface area contributed by atoms with Gasteiger partial charge in [-0.2, -0.15) is 0 Å². The third-order valence-electron chi connectivity index (χ3n) is 2.67. The van der Waals surface area contributed by atoms with E-state index in [4.69, 9.17) is 0 Å². The average Bonchev–Trinajstić information content (AvgIpc) is 2.20. The lowest BCUT2D eigenvalue weighted by Gasteiger charge is -2.11. The minimum atomic E-state index is 0.0126. The first-order chi connectivity index (χ1) is 7.18. The minimum Gasteiger partial charge on any atom is -0.313 e. The predicted molar refractivity (Wildman–Crippen MR) is 63.4 cm³/mol. The van der Waals surface area contributed by atoms with Gasteiger partial charge in [-0.15, -0.1) is 0 Å². The summed E-state index contributed by atoms with van der Waals surface area (Å²) in [5.74, 6) is 0.802. The normalized spacial score (nSPS) is 16.5. The lowest BCUT2D eigenvalue weighted by atomic mass is 10.0. The summed E-state index contributed by atoms with van der Waals surface area (Å²) < 4.78 is 12.7. The second-order valence-corrected chi connectivity index (χ2v) is 4.65. The van der Waals surface area contributed by atoms with Gasteiger partial charge >= 0.3 is 0 Å². The Balaban J connectivity index is 2.06. The molecule has 1 aliphatic carbocycles. The van der Waals surface area contributed by atoms with Crippen molar-refractivity contribution in [2.45, 2.75) is 39.5 Å². The largest absolute Gasteiger partial charge is 0.313 e. The molecule has 0 spiro atoms. The highest BCUT2D eigenvalue weighted by Crippen LogP contribution is 2.18. The molecule has 0 aromatic carbocycles. The van der Waals surface area contributed by atoms with E-state index in [2.05, 4.69) is 19.2 Å². The molecule has 1 aliphatic rings. The average molecular weight is 211 g/mol. The first kappa shape index (κ1) is 12.4. The van der Waals surface area contributed by atoms with Crippen molar-refractivity contribution in [3.8, 4) is 0 Å². The smallest absolute Gasteiger partial charge is 0.100 e. The SMILES string of the molecule is CC(C)CCCNCC1=CC=C(F)CC1. The van der Waals surface area contributed by atoms with Crippen molar-refractivity contribution >= 4 is 0 Å². The molecule has 86 valence electrons. The molecule has 0 atom stereocenters. The summed E-state index contributed by atoms with van der Waals surface area (Å²) in [7, 11) is 0. The summed E-state index contributed by atoms with van der Waals surface area (Å²) in [5, 5.41) is 3.41. The van der Waals surface area contributed by atoms with Gasteiger partial charge in [-0.25, -0.2) is 4.39 Å². The summed E-state index contributed by atoms with van der Waals surface area (Å²) >= 11 is 0. The predicted octanol–water partition coefficient (Wildman–Crippen LogP) is 3.59. The van der Waals surface area contributed by atoms with Crippen LogP contribution in [0.25, 0.3) is 0 Å². The van der Waals surface area contributed by atoms with Crippen LogP contribution in [0.15, 0.2) is 23.6 Å². The fourth-order valence-corrected chi connectivity index (χ4v) is 1.69. The van der Waals surface area contributed by atoms with Crippen molar-refractivity contribution in [1.82, 2.24) is 5.32 Å². The topological polar surface area (TPSA) is 12.0 Å². The van der Waals surface area contributed by atoms with E-state index in [0.29, 0.717) is 6.42 Å². The van der Waals surface area contributed by atoms with Crippen LogP contribution in [0, 0.1) is 5.92 Å². The molecule has 1 rings (SSSR count). The molecule has 0 aliphatic heterocycles. The van der Waals surface area contributed by atoms with Crippen LogP contribution in [0.2, 0.25) is 0 Å². The zero-order valence-corrected chi connectivity index (χ0v) is 9.85. The number of nitrogens with one attached hydrogen (secondary N) is 1. The Morgan fingerprint density at radius 1 is 1.33 bits per heavy atom. The van der Waals surface area contributed by atoms with Crippen molar-refractivity contribution in [1.29, 1.82) is 0 Å². The van der Waals surface area contributed by atoms with Gasteiger partial charge in [0.15, 0.2) is 0 Å². The Labute approximate surface area is 92.4 Å². The highest BCUT2D eigenvalue weighted by Gasteiger charge is 2.04. The molecule has 0 heterocycles. The van der Waals surface area contributed by atoms with Crippen LogP contribution in [-0.2, 0) is 0 Å². The summed E-state index contributed by atoms with van der Waals surface area (Å²) in [4.78, 5) is 0. The molecule has 0 saturated heterocycles. The molecule has 0 fully saturated rings. The summed E-state index contributed by atoms with van der Waals surface area (Å²) in [6.45, 7) is 6.48. The van der Waals surface area contributed by atoms with Gasteiger partial charge in [0.1, 0.15) is 5.83 Å². The maximum absolute atomic E-state index is 12.7. The van der Waals surface area contributed by atoms with Crippen LogP contribution in [0.4, 0.5) is 4.39 Å². The van der Waals surface area contributed by atoms with Crippen LogP contribution in [0.3, 0.4) is 0 Å². The van der Waals surface area contributed by atoms with E-state index in [1.54, 1.807) is 6.08 Å². The second-order valence-electron chi connectivity index (χ2n) is 4.65. The molecule has 0 saturated carbocycles. The molecule has 0 amide bonds. The number of halogens is 1. The molecule has 1 N–H and O–H groups in total. The number of allylic oxidation sites excluding steroid dienone is 3. The van der Waals surface area contributed by atoms with Crippen LogP contribution >= 0.6 is 0 Å². The highest BCUT2D eigenvalue weighted by atomic mass is 19.1. The van der Waals surface area contributed by atoms with Gasteiger partial charge in [0.25, 0.3) is 0 Å². The maximum Gasteiger partial charge on any atom is 0.100 e. The third kappa shape index (κ3) is 5.73. The monoisotopic (exact) mass is 211 g/mol. The van der Waals surface area contributed by atoms with Gasteiger partial charge in [0.2, 0.25) is 0 Å². The van der Waals surface area contributed by atoms with Gasteiger partial charge in [-0.1, -0.05) is 25.5 Å². The van der Waals surface area contributed by atoms with E-state index >= 15 is 0 Å². The van der Waals surface area contributed by atoms with E-state index in [-0.39, 0.29) is 5.83 Å². The molecular formula is C13H22FN. The molecular weight excluding hydrogens is 189 g/mol. The molecule has 0 aromatic heterocycles. The Hall–Kier alpha value is -0.630. The van der Waals surface area contributed by atoms with Gasteiger partial charge in [0.05, 0.1) is 0 Å². The van der Waals surface area contributed by atoms with Gasteiger partial charge in [-0.05, 0) is 37.8 Å². The Morgan fingerprint density at radius 2 is 2.13 bits per heavy atom. The van der Waals surface area contributed by atoms with Crippen molar-refractivity contribution in [2.75, 3.05) is 13.1 Å². The summed E-state index contributed by atoms with van der Waals surface area (Å²) in [6, 6.07) is 0. The van der Waals surface area contributed by atoms with Crippen LogP contribution in [-0.4, -0.2) is 13.1 Å². The summed E-state index contributed by atoms with van der Waals surface area (Å²) in [5.41, 5.74) is 1.32. The fraction of sp³-hybridized carbons (Fsp3) is 0.692. The van der Waals surface area contributed by atoms with Crippen LogP contribution in [0.5, 0.6) is 0 Å². The quantitative estimate of drug-likeness (QED) is 0.662. The first-order valence-electron chi connectivity index (χ1n) is 5.93. The zero-order valence-electron chi connectivity index (χ0n) is 9.85. The van der Waals surface area contributed by atoms with E-state index in [0.717, 1.165) is 25.4 Å². The van der Waals surface area contributed by atoms with E-state index in [1.165, 1.54) is 18.4 Å². The summed E-state index contributed by atoms with van der Waals surface area (Å²) in [6.07, 6.45) is 7.47. The fourth-order valence-electron chi connectivity index (χ4n) is 1.69. The van der Waals surface area contributed by atoms with Crippen LogP contribution < -0.4 is 5.32 Å². The highest BCUT2D eigenvalue weighted by molar-refractivity contribution is 5.21. The van der Waals surface area contributed by atoms with Gasteiger partial charge in [-0.3, -0.25) is 0 Å². The lowest BCUT2D eigenvalue weighted by molar-refractivity contribution is 0.530. The Bertz CT molecular complexity index is 241. The van der Waals surface area contributed by atoms with E-state index in [9.17, 15) is 4.39 Å². The third-order valence-corrected chi connectivity index (χ3v) is 2.67. The molecule has 1 nitrogen and oxygen atoms in total. The molecule has 2 heteroatoms. The van der Waals surface area contributed by atoms with Crippen LogP contribution in [0.1, 0.15) is 39.5 Å². The lowest BCUT2D eigenvalue weighted by Crippen LogP contribution is -2.19. The van der Waals surface area contributed by atoms with Crippen molar-refractivity contribution in [3.63, 3.8) is 0 Å². The van der Waals surface area contributed by atoms with Gasteiger partial charge < -0.3 is 5.32 Å². The Kier molecular flexibility index (Phi) is 5.62. The zero-order chi connectivity index (χ0) is 11.1. The minimum absolute atomic E-state index is 0.0126. The molecule has 15 heavy (non-hydrogen) atoms. The molecule has 0 unspecified atom stereocenters. The number of hydrogen-bond acceptors (Lipinski definition) is 1. The maximum atomic E-state index is 12.7. The Morgan fingerprint density at radius 3 is 2.73 bits per heavy atom. The first-order valence-corrected chi connectivity index (χ1v) is 5.93.